The Hall–Kier alpha value is -2.30. The number of nitrogens with one attached hydrogen (secondary N) is 1. The molecule has 0 aliphatic heterocycles. The average Bonchev–Trinajstić information content (AvgIpc) is 2.95. The molecule has 140 valence electrons. The fraction of sp³-hybridized carbons (Fsp3) is 0.238. The maximum absolute atomic E-state index is 12.5. The van der Waals surface area contributed by atoms with Crippen molar-refractivity contribution in [1.29, 1.82) is 0 Å². The van der Waals surface area contributed by atoms with Gasteiger partial charge in [0.25, 0.3) is 5.91 Å². The molecule has 0 radical (unpaired) electrons. The van der Waals surface area contributed by atoms with Crippen LogP contribution >= 0.6 is 23.2 Å². The number of carbonyl (C=O) groups is 1. The van der Waals surface area contributed by atoms with Crippen molar-refractivity contribution < 1.29 is 4.79 Å². The van der Waals surface area contributed by atoms with Crippen LogP contribution in [0.5, 0.6) is 0 Å². The van der Waals surface area contributed by atoms with E-state index in [1.165, 1.54) is 0 Å². The fourth-order valence-corrected chi connectivity index (χ4v) is 3.22. The number of hydrogen-bond acceptors (Lipinski definition) is 2. The highest BCUT2D eigenvalue weighted by atomic mass is 35.5. The minimum atomic E-state index is -0.179. The summed E-state index contributed by atoms with van der Waals surface area (Å²) >= 11 is 12.0. The lowest BCUT2D eigenvalue weighted by Gasteiger charge is -2.15. The quantitative estimate of drug-likeness (QED) is 0.626. The van der Waals surface area contributed by atoms with Crippen LogP contribution in [0.15, 0.2) is 48.5 Å². The second kappa shape index (κ2) is 8.15. The van der Waals surface area contributed by atoms with Crippen molar-refractivity contribution in [2.24, 2.45) is 0 Å². The zero-order valence-corrected chi connectivity index (χ0v) is 17.0. The standard InChI is InChI=1S/C21H21Cl2N3O/c1-13-10-14(2)26(25-13)12-16-4-6-17(7-5-16)21(27)24-15(3)18-8-9-19(22)20(23)11-18/h4-11,15H,12H2,1-3H3,(H,24,27). The number of halogens is 2. The first-order valence-electron chi connectivity index (χ1n) is 8.69. The predicted molar refractivity (Wildman–Crippen MR) is 110 cm³/mol. The van der Waals surface area contributed by atoms with E-state index in [1.54, 1.807) is 12.1 Å². The first-order chi connectivity index (χ1) is 12.8. The third-order valence-corrected chi connectivity index (χ3v) is 5.18. The molecule has 0 aliphatic carbocycles. The lowest BCUT2D eigenvalue weighted by atomic mass is 10.1. The van der Waals surface area contributed by atoms with Gasteiger partial charge >= 0.3 is 0 Å². The fourth-order valence-electron chi connectivity index (χ4n) is 2.91. The van der Waals surface area contributed by atoms with Gasteiger partial charge in [-0.15, -0.1) is 0 Å². The monoisotopic (exact) mass is 401 g/mol. The molecule has 0 saturated heterocycles. The van der Waals surface area contributed by atoms with E-state index in [2.05, 4.69) is 10.4 Å². The van der Waals surface area contributed by atoms with Crippen LogP contribution in [-0.4, -0.2) is 15.7 Å². The van der Waals surface area contributed by atoms with Crippen LogP contribution in [0.25, 0.3) is 0 Å². The Morgan fingerprint density at radius 3 is 2.37 bits per heavy atom. The van der Waals surface area contributed by atoms with Crippen molar-refractivity contribution in [3.05, 3.63) is 86.7 Å². The van der Waals surface area contributed by atoms with E-state index in [1.807, 2.05) is 61.9 Å². The first kappa shape index (κ1) is 19.5. The van der Waals surface area contributed by atoms with Gasteiger partial charge in [-0.2, -0.15) is 5.10 Å². The molecule has 1 unspecified atom stereocenters. The van der Waals surface area contributed by atoms with E-state index in [0.717, 1.165) is 22.5 Å². The molecule has 0 saturated carbocycles. The molecule has 1 amide bonds. The van der Waals surface area contributed by atoms with Crippen molar-refractivity contribution in [2.45, 2.75) is 33.4 Å². The zero-order valence-electron chi connectivity index (χ0n) is 15.5. The van der Waals surface area contributed by atoms with Crippen LogP contribution in [0.1, 0.15) is 45.8 Å². The molecule has 2 aromatic carbocycles. The smallest absolute Gasteiger partial charge is 0.251 e. The summed E-state index contributed by atoms with van der Waals surface area (Å²) in [6.45, 7) is 6.61. The van der Waals surface area contributed by atoms with Crippen LogP contribution in [-0.2, 0) is 6.54 Å². The van der Waals surface area contributed by atoms with Crippen LogP contribution in [0, 0.1) is 13.8 Å². The number of rotatable bonds is 5. The minimum absolute atomic E-state index is 0.133. The molecule has 3 rings (SSSR count). The number of benzene rings is 2. The Labute approximate surface area is 169 Å². The van der Waals surface area contributed by atoms with Crippen LogP contribution in [0.3, 0.4) is 0 Å². The van der Waals surface area contributed by atoms with Gasteiger partial charge < -0.3 is 5.32 Å². The molecule has 0 aliphatic rings. The summed E-state index contributed by atoms with van der Waals surface area (Å²) in [5.41, 5.74) is 4.72. The summed E-state index contributed by atoms with van der Waals surface area (Å²) in [7, 11) is 0. The topological polar surface area (TPSA) is 46.9 Å². The number of aromatic nitrogens is 2. The van der Waals surface area contributed by atoms with E-state index < -0.39 is 0 Å². The van der Waals surface area contributed by atoms with Crippen molar-refractivity contribution >= 4 is 29.1 Å². The highest BCUT2D eigenvalue weighted by Crippen LogP contribution is 2.25. The summed E-state index contributed by atoms with van der Waals surface area (Å²) in [6, 6.07) is 14.8. The van der Waals surface area contributed by atoms with Crippen molar-refractivity contribution in [1.82, 2.24) is 15.1 Å². The Kier molecular flexibility index (Phi) is 5.88. The Morgan fingerprint density at radius 1 is 1.07 bits per heavy atom. The van der Waals surface area contributed by atoms with E-state index in [-0.39, 0.29) is 11.9 Å². The highest BCUT2D eigenvalue weighted by Gasteiger charge is 2.13. The Bertz CT molecular complexity index is 964. The SMILES string of the molecule is Cc1cc(C)n(Cc2ccc(C(=O)NC(C)c3ccc(Cl)c(Cl)c3)cc2)n1. The second-order valence-corrected chi connectivity index (χ2v) is 7.46. The normalized spacial score (nSPS) is 12.0. The number of amides is 1. The van der Waals surface area contributed by atoms with Gasteiger partial charge in [0.15, 0.2) is 0 Å². The van der Waals surface area contributed by atoms with E-state index in [9.17, 15) is 4.79 Å². The molecule has 1 heterocycles. The van der Waals surface area contributed by atoms with Crippen molar-refractivity contribution in [2.75, 3.05) is 0 Å². The lowest BCUT2D eigenvalue weighted by molar-refractivity contribution is 0.0940. The average molecular weight is 402 g/mol. The van der Waals surface area contributed by atoms with Gasteiger partial charge in [0.1, 0.15) is 0 Å². The largest absolute Gasteiger partial charge is 0.346 e. The molecule has 1 atom stereocenters. The Balaban J connectivity index is 1.66. The molecule has 0 bridgehead atoms. The van der Waals surface area contributed by atoms with Crippen LogP contribution in [0.2, 0.25) is 10.0 Å². The molecular weight excluding hydrogens is 381 g/mol. The number of aryl methyl sites for hydroxylation is 2. The van der Waals surface area contributed by atoms with Gasteiger partial charge in [0.2, 0.25) is 0 Å². The van der Waals surface area contributed by atoms with Gasteiger partial charge in [-0.3, -0.25) is 9.48 Å². The van der Waals surface area contributed by atoms with E-state index in [4.69, 9.17) is 23.2 Å². The molecule has 27 heavy (non-hydrogen) atoms. The predicted octanol–water partition coefficient (Wildman–Crippen LogP) is 5.35. The first-order valence-corrected chi connectivity index (χ1v) is 9.45. The number of carbonyl (C=O) groups excluding carboxylic acids is 1. The molecule has 1 aromatic heterocycles. The number of hydrogen-bond donors (Lipinski definition) is 1. The van der Waals surface area contributed by atoms with Gasteiger partial charge in [0.05, 0.1) is 28.3 Å². The summed E-state index contributed by atoms with van der Waals surface area (Å²) < 4.78 is 1.96. The minimum Gasteiger partial charge on any atom is -0.346 e. The van der Waals surface area contributed by atoms with Gasteiger partial charge in [-0.05, 0) is 62.2 Å². The maximum atomic E-state index is 12.5. The van der Waals surface area contributed by atoms with Crippen LogP contribution < -0.4 is 5.32 Å². The molecule has 0 fully saturated rings. The zero-order chi connectivity index (χ0) is 19.6. The molecule has 1 N–H and O–H groups in total. The Morgan fingerprint density at radius 2 is 1.78 bits per heavy atom. The van der Waals surface area contributed by atoms with Crippen molar-refractivity contribution in [3.8, 4) is 0 Å². The van der Waals surface area contributed by atoms with Crippen LogP contribution in [0.4, 0.5) is 0 Å². The maximum Gasteiger partial charge on any atom is 0.251 e. The molecular formula is C21H21Cl2N3O. The summed E-state index contributed by atoms with van der Waals surface area (Å²) in [5.74, 6) is -0.133. The summed E-state index contributed by atoms with van der Waals surface area (Å²) in [4.78, 5) is 12.5. The third kappa shape index (κ3) is 4.71. The lowest BCUT2D eigenvalue weighted by Crippen LogP contribution is -2.26. The second-order valence-electron chi connectivity index (χ2n) is 6.65. The van der Waals surface area contributed by atoms with Gasteiger partial charge in [0, 0.05) is 11.3 Å². The molecule has 3 aromatic rings. The summed E-state index contributed by atoms with van der Waals surface area (Å²) in [5, 5.41) is 8.42. The van der Waals surface area contributed by atoms with Gasteiger partial charge in [-0.1, -0.05) is 41.4 Å². The molecule has 6 heteroatoms. The third-order valence-electron chi connectivity index (χ3n) is 4.44. The van der Waals surface area contributed by atoms with Crippen molar-refractivity contribution in [3.63, 3.8) is 0 Å². The van der Waals surface area contributed by atoms with Gasteiger partial charge in [-0.25, -0.2) is 0 Å². The molecule has 0 spiro atoms. The summed E-state index contributed by atoms with van der Waals surface area (Å²) in [6.07, 6.45) is 0. The van der Waals surface area contributed by atoms with E-state index in [0.29, 0.717) is 22.2 Å². The highest BCUT2D eigenvalue weighted by molar-refractivity contribution is 6.42. The number of nitrogens with zero attached hydrogens (tertiary/aromatic N) is 2. The molecule has 4 nitrogen and oxygen atoms in total. The van der Waals surface area contributed by atoms with E-state index >= 15 is 0 Å².